The first-order valence-electron chi connectivity index (χ1n) is 6.44. The molecule has 0 aliphatic carbocycles. The Bertz CT molecular complexity index is 411. The summed E-state index contributed by atoms with van der Waals surface area (Å²) in [4.78, 5) is 12.5. The van der Waals surface area contributed by atoms with E-state index in [-0.39, 0.29) is 11.9 Å². The minimum atomic E-state index is -0.578. The van der Waals surface area contributed by atoms with Gasteiger partial charge in [0, 0.05) is 0 Å². The number of ether oxygens (including phenoxy) is 1. The molecular formula is C15H23NO2. The zero-order chi connectivity index (χ0) is 13.8. The van der Waals surface area contributed by atoms with Gasteiger partial charge in [-0.05, 0) is 46.4 Å². The number of hydrogen-bond donors (Lipinski definition) is 1. The molecule has 0 saturated carbocycles. The van der Waals surface area contributed by atoms with Crippen LogP contribution in [0, 0.1) is 0 Å². The summed E-state index contributed by atoms with van der Waals surface area (Å²) < 4.78 is 5.69. The molecule has 0 aliphatic heterocycles. The summed E-state index contributed by atoms with van der Waals surface area (Å²) in [6, 6.07) is 7.41. The molecule has 1 rings (SSSR count). The molecule has 1 aromatic carbocycles. The van der Waals surface area contributed by atoms with Gasteiger partial charge in [-0.15, -0.1) is 0 Å². The Hall–Kier alpha value is -1.35. The quantitative estimate of drug-likeness (QED) is 0.787. The van der Waals surface area contributed by atoms with Crippen molar-refractivity contribution in [3.63, 3.8) is 0 Å². The van der Waals surface area contributed by atoms with Crippen LogP contribution in [-0.2, 0) is 0 Å². The van der Waals surface area contributed by atoms with E-state index >= 15 is 0 Å². The molecule has 0 spiro atoms. The summed E-state index contributed by atoms with van der Waals surface area (Å²) in [7, 11) is 0. The second-order valence-electron chi connectivity index (χ2n) is 5.15. The Morgan fingerprint density at radius 1 is 1.33 bits per heavy atom. The molecule has 1 aromatic rings. The topological polar surface area (TPSA) is 38.3 Å². The van der Waals surface area contributed by atoms with Crippen LogP contribution in [0.15, 0.2) is 24.3 Å². The van der Waals surface area contributed by atoms with Crippen molar-refractivity contribution in [2.75, 3.05) is 6.54 Å². The third-order valence-electron chi connectivity index (χ3n) is 2.68. The SMILES string of the molecule is CCNC(C)(C)C(=O)c1ccccc1OC(C)C. The van der Waals surface area contributed by atoms with Crippen molar-refractivity contribution in [1.82, 2.24) is 5.32 Å². The summed E-state index contributed by atoms with van der Waals surface area (Å²) in [5.41, 5.74) is 0.0581. The molecule has 3 nitrogen and oxygen atoms in total. The lowest BCUT2D eigenvalue weighted by Gasteiger charge is -2.25. The molecular weight excluding hydrogens is 226 g/mol. The fourth-order valence-corrected chi connectivity index (χ4v) is 1.87. The predicted molar refractivity (Wildman–Crippen MR) is 74.3 cm³/mol. The van der Waals surface area contributed by atoms with E-state index in [9.17, 15) is 4.79 Å². The highest BCUT2D eigenvalue weighted by atomic mass is 16.5. The number of ketones is 1. The maximum absolute atomic E-state index is 12.5. The van der Waals surface area contributed by atoms with E-state index in [1.165, 1.54) is 0 Å². The van der Waals surface area contributed by atoms with Crippen LogP contribution in [-0.4, -0.2) is 24.0 Å². The molecule has 0 atom stereocenters. The standard InChI is InChI=1S/C15H23NO2/c1-6-16-15(4,5)14(17)12-9-7-8-10-13(12)18-11(2)3/h7-11,16H,6H2,1-5H3. The van der Waals surface area contributed by atoms with Crippen LogP contribution in [0.5, 0.6) is 5.75 Å². The fraction of sp³-hybridized carbons (Fsp3) is 0.533. The molecule has 3 heteroatoms. The van der Waals surface area contributed by atoms with Crippen LogP contribution in [0.4, 0.5) is 0 Å². The molecule has 1 N–H and O–H groups in total. The Balaban J connectivity index is 3.05. The molecule has 18 heavy (non-hydrogen) atoms. The molecule has 0 amide bonds. The maximum Gasteiger partial charge on any atom is 0.185 e. The van der Waals surface area contributed by atoms with E-state index < -0.39 is 5.54 Å². The zero-order valence-electron chi connectivity index (χ0n) is 11.9. The van der Waals surface area contributed by atoms with Crippen molar-refractivity contribution in [3.8, 4) is 5.75 Å². The molecule has 0 aromatic heterocycles. The highest BCUT2D eigenvalue weighted by molar-refractivity contribution is 6.04. The van der Waals surface area contributed by atoms with Crippen molar-refractivity contribution in [3.05, 3.63) is 29.8 Å². The summed E-state index contributed by atoms with van der Waals surface area (Å²) in [6.45, 7) is 10.4. The molecule has 0 radical (unpaired) electrons. The Morgan fingerprint density at radius 3 is 2.50 bits per heavy atom. The third-order valence-corrected chi connectivity index (χ3v) is 2.68. The molecule has 0 heterocycles. The van der Waals surface area contributed by atoms with E-state index in [0.717, 1.165) is 6.54 Å². The lowest BCUT2D eigenvalue weighted by atomic mass is 9.92. The van der Waals surface area contributed by atoms with Crippen molar-refractivity contribution in [2.24, 2.45) is 0 Å². The molecule has 0 unspecified atom stereocenters. The van der Waals surface area contributed by atoms with Crippen molar-refractivity contribution < 1.29 is 9.53 Å². The van der Waals surface area contributed by atoms with Gasteiger partial charge >= 0.3 is 0 Å². The summed E-state index contributed by atoms with van der Waals surface area (Å²) >= 11 is 0. The van der Waals surface area contributed by atoms with Crippen LogP contribution in [0.1, 0.15) is 45.0 Å². The normalized spacial score (nSPS) is 11.7. The average molecular weight is 249 g/mol. The lowest BCUT2D eigenvalue weighted by molar-refractivity contribution is 0.0878. The van der Waals surface area contributed by atoms with Gasteiger partial charge in [0.25, 0.3) is 0 Å². The second kappa shape index (κ2) is 6.01. The fourth-order valence-electron chi connectivity index (χ4n) is 1.87. The number of rotatable bonds is 6. The Labute approximate surface area is 110 Å². The van der Waals surface area contributed by atoms with Gasteiger partial charge in [-0.25, -0.2) is 0 Å². The van der Waals surface area contributed by atoms with E-state index in [0.29, 0.717) is 11.3 Å². The van der Waals surface area contributed by atoms with Gasteiger partial charge in [0.05, 0.1) is 17.2 Å². The molecule has 0 saturated heterocycles. The van der Waals surface area contributed by atoms with Crippen LogP contribution >= 0.6 is 0 Å². The predicted octanol–water partition coefficient (Wildman–Crippen LogP) is 3.04. The number of hydrogen-bond acceptors (Lipinski definition) is 3. The maximum atomic E-state index is 12.5. The van der Waals surface area contributed by atoms with Gasteiger partial charge in [0.2, 0.25) is 0 Å². The first-order valence-corrected chi connectivity index (χ1v) is 6.44. The number of nitrogens with one attached hydrogen (secondary N) is 1. The van der Waals surface area contributed by atoms with E-state index in [1.807, 2.05) is 58.9 Å². The minimum absolute atomic E-state index is 0.0561. The molecule has 0 fully saturated rings. The number of para-hydroxylation sites is 1. The van der Waals surface area contributed by atoms with Gasteiger partial charge in [0.1, 0.15) is 5.75 Å². The van der Waals surface area contributed by atoms with Gasteiger partial charge in [0.15, 0.2) is 5.78 Å². The van der Waals surface area contributed by atoms with Gasteiger partial charge in [-0.1, -0.05) is 19.1 Å². The smallest absolute Gasteiger partial charge is 0.185 e. The van der Waals surface area contributed by atoms with Crippen molar-refractivity contribution >= 4 is 5.78 Å². The highest BCUT2D eigenvalue weighted by Crippen LogP contribution is 2.24. The minimum Gasteiger partial charge on any atom is -0.490 e. The van der Waals surface area contributed by atoms with Crippen LogP contribution < -0.4 is 10.1 Å². The van der Waals surface area contributed by atoms with Crippen LogP contribution in [0.3, 0.4) is 0 Å². The molecule has 0 bridgehead atoms. The van der Waals surface area contributed by atoms with E-state index in [4.69, 9.17) is 4.74 Å². The monoisotopic (exact) mass is 249 g/mol. The van der Waals surface area contributed by atoms with Gasteiger partial charge in [-0.3, -0.25) is 4.79 Å². The first-order chi connectivity index (χ1) is 8.38. The Kier molecular flexibility index (Phi) is 4.91. The summed E-state index contributed by atoms with van der Waals surface area (Å²) in [5, 5.41) is 3.20. The second-order valence-corrected chi connectivity index (χ2v) is 5.15. The van der Waals surface area contributed by atoms with Gasteiger partial charge < -0.3 is 10.1 Å². The van der Waals surface area contributed by atoms with Crippen molar-refractivity contribution in [2.45, 2.75) is 46.3 Å². The number of likely N-dealkylation sites (N-methyl/N-ethyl adjacent to an activating group) is 1. The number of carbonyl (C=O) groups is 1. The summed E-state index contributed by atoms with van der Waals surface area (Å²) in [6.07, 6.45) is 0.0567. The first kappa shape index (κ1) is 14.7. The average Bonchev–Trinajstić information content (AvgIpc) is 2.28. The number of carbonyl (C=O) groups excluding carboxylic acids is 1. The van der Waals surface area contributed by atoms with Crippen molar-refractivity contribution in [1.29, 1.82) is 0 Å². The number of benzene rings is 1. The Morgan fingerprint density at radius 2 is 1.94 bits per heavy atom. The van der Waals surface area contributed by atoms with Crippen LogP contribution in [0.25, 0.3) is 0 Å². The van der Waals surface area contributed by atoms with E-state index in [2.05, 4.69) is 5.32 Å². The number of Topliss-reactive ketones (excluding diaryl/α,β-unsaturated/α-hetero) is 1. The molecule has 100 valence electrons. The third kappa shape index (κ3) is 3.57. The lowest BCUT2D eigenvalue weighted by Crippen LogP contribution is -2.46. The highest BCUT2D eigenvalue weighted by Gasteiger charge is 2.29. The zero-order valence-corrected chi connectivity index (χ0v) is 11.9. The van der Waals surface area contributed by atoms with Gasteiger partial charge in [-0.2, -0.15) is 0 Å². The van der Waals surface area contributed by atoms with Crippen LogP contribution in [0.2, 0.25) is 0 Å². The molecule has 0 aliphatic rings. The van der Waals surface area contributed by atoms with E-state index in [1.54, 1.807) is 0 Å². The largest absolute Gasteiger partial charge is 0.490 e. The summed E-state index contributed by atoms with van der Waals surface area (Å²) in [5.74, 6) is 0.712.